The molecule has 30 heavy (non-hydrogen) atoms. The van der Waals surface area contributed by atoms with Gasteiger partial charge in [0.25, 0.3) is 0 Å². The summed E-state index contributed by atoms with van der Waals surface area (Å²) in [7, 11) is 0. The van der Waals surface area contributed by atoms with Crippen LogP contribution in [0.5, 0.6) is 0 Å². The van der Waals surface area contributed by atoms with Gasteiger partial charge in [-0.3, -0.25) is 0 Å². The zero-order chi connectivity index (χ0) is 21.1. The van der Waals surface area contributed by atoms with Gasteiger partial charge in [-0.25, -0.2) is 0 Å². The highest BCUT2D eigenvalue weighted by atomic mass is 79.9. The van der Waals surface area contributed by atoms with Gasteiger partial charge < -0.3 is 0 Å². The number of hydrogen-bond acceptors (Lipinski definition) is 0. The molecule has 0 radical (unpaired) electrons. The van der Waals surface area contributed by atoms with Crippen molar-refractivity contribution in [3.05, 3.63) is 105 Å². The van der Waals surface area contributed by atoms with E-state index in [1.807, 2.05) is 0 Å². The maximum atomic E-state index is 3.71. The summed E-state index contributed by atoms with van der Waals surface area (Å²) < 4.78 is 0. The molecule has 3 aromatic rings. The van der Waals surface area contributed by atoms with Crippen LogP contribution in [-0.4, -0.2) is 0 Å². The molecule has 0 aromatic heterocycles. The Hall–Kier alpha value is -1.38. The molecule has 0 spiro atoms. The molecule has 0 fully saturated rings. The summed E-state index contributed by atoms with van der Waals surface area (Å²) in [5, 5.41) is 1.79. The van der Waals surface area contributed by atoms with Gasteiger partial charge in [-0.15, -0.1) is 0 Å². The van der Waals surface area contributed by atoms with E-state index in [1.54, 1.807) is 0 Å². The first-order valence-corrected chi connectivity index (χ1v) is 13.0. The third-order valence-electron chi connectivity index (χ3n) is 9.64. The summed E-state index contributed by atoms with van der Waals surface area (Å²) >= 11 is 7.42. The minimum absolute atomic E-state index is 0.0250. The molecule has 3 aliphatic rings. The molecule has 0 N–H and O–H groups in total. The van der Waals surface area contributed by atoms with Crippen LogP contribution in [0.1, 0.15) is 72.2 Å². The first kappa shape index (κ1) is 19.3. The smallest absolute Gasteiger partial charge is 0.0283 e. The fourth-order valence-electron chi connectivity index (χ4n) is 7.95. The van der Waals surface area contributed by atoms with Crippen LogP contribution in [0.3, 0.4) is 0 Å². The van der Waals surface area contributed by atoms with Crippen LogP contribution in [0.4, 0.5) is 0 Å². The minimum Gasteiger partial charge on any atom is -0.0876 e. The van der Waals surface area contributed by atoms with Crippen molar-refractivity contribution >= 4 is 31.9 Å². The van der Waals surface area contributed by atoms with Crippen LogP contribution in [0, 0.1) is 5.41 Å². The lowest BCUT2D eigenvalue weighted by atomic mass is 9.52. The predicted molar refractivity (Wildman–Crippen MR) is 132 cm³/mol. The largest absolute Gasteiger partial charge is 0.0876 e. The molecule has 0 saturated carbocycles. The Kier molecular flexibility index (Phi) is 3.67. The molecule has 2 unspecified atom stereocenters. The zero-order valence-corrected chi connectivity index (χ0v) is 21.1. The average Bonchev–Trinajstić information content (AvgIpc) is 3.14. The molecule has 2 heteroatoms. The van der Waals surface area contributed by atoms with Crippen LogP contribution >= 0.6 is 31.9 Å². The SMILES string of the molecule is CC12c3cc(CBr)ccc3[C@@]3(C)c4ccccc4[C@@](C)(c4ccc(CBr)cc41)C23C. The number of alkyl halides is 2. The highest BCUT2D eigenvalue weighted by Crippen LogP contribution is 2.82. The van der Waals surface area contributed by atoms with Crippen molar-refractivity contribution in [2.45, 2.75) is 54.6 Å². The lowest BCUT2D eigenvalue weighted by Gasteiger charge is -2.49. The van der Waals surface area contributed by atoms with Crippen LogP contribution in [0.15, 0.2) is 60.7 Å². The summed E-state index contributed by atoms with van der Waals surface area (Å²) in [6, 6.07) is 23.7. The Morgan fingerprint density at radius 1 is 0.533 bits per heavy atom. The number of fused-ring (bicyclic) bond motifs is 9. The van der Waals surface area contributed by atoms with Crippen molar-refractivity contribution in [1.29, 1.82) is 0 Å². The minimum atomic E-state index is -0.0451. The van der Waals surface area contributed by atoms with Crippen molar-refractivity contribution in [2.75, 3.05) is 0 Å². The van der Waals surface area contributed by atoms with E-state index in [0.29, 0.717) is 0 Å². The molecule has 6 rings (SSSR count). The monoisotopic (exact) mass is 520 g/mol. The molecular weight excluding hydrogens is 496 g/mol. The third-order valence-corrected chi connectivity index (χ3v) is 10.9. The predicted octanol–water partition coefficient (Wildman–Crippen LogP) is 7.74. The van der Waals surface area contributed by atoms with E-state index in [-0.39, 0.29) is 21.7 Å². The quantitative estimate of drug-likeness (QED) is 0.302. The van der Waals surface area contributed by atoms with E-state index in [4.69, 9.17) is 0 Å². The Morgan fingerprint density at radius 3 is 1.30 bits per heavy atom. The Bertz CT molecular complexity index is 1150. The molecule has 0 heterocycles. The normalized spacial score (nSPS) is 34.5. The van der Waals surface area contributed by atoms with Gasteiger partial charge in [-0.1, -0.05) is 120 Å². The van der Waals surface area contributed by atoms with Gasteiger partial charge in [0.15, 0.2) is 0 Å². The molecule has 0 aliphatic heterocycles. The molecule has 4 atom stereocenters. The molecule has 0 amide bonds. The van der Waals surface area contributed by atoms with E-state index in [0.717, 1.165) is 10.7 Å². The van der Waals surface area contributed by atoms with Crippen molar-refractivity contribution < 1.29 is 0 Å². The van der Waals surface area contributed by atoms with Gasteiger partial charge in [0.1, 0.15) is 0 Å². The lowest BCUT2D eigenvalue weighted by molar-refractivity contribution is 0.0997. The molecule has 0 nitrogen and oxygen atoms in total. The second-order valence-electron chi connectivity index (χ2n) is 10.1. The molecule has 3 aromatic carbocycles. The van der Waals surface area contributed by atoms with Crippen molar-refractivity contribution in [1.82, 2.24) is 0 Å². The van der Waals surface area contributed by atoms with Crippen LogP contribution < -0.4 is 0 Å². The van der Waals surface area contributed by atoms with E-state index in [9.17, 15) is 0 Å². The van der Waals surface area contributed by atoms with Crippen molar-refractivity contribution in [2.24, 2.45) is 5.41 Å². The van der Waals surface area contributed by atoms with E-state index in [1.165, 1.54) is 44.5 Å². The number of rotatable bonds is 2. The molecular formula is C28H26Br2. The van der Waals surface area contributed by atoms with Crippen molar-refractivity contribution in [3.8, 4) is 0 Å². The second kappa shape index (κ2) is 5.70. The van der Waals surface area contributed by atoms with Gasteiger partial charge in [0.05, 0.1) is 0 Å². The highest BCUT2D eigenvalue weighted by molar-refractivity contribution is 9.08. The first-order chi connectivity index (χ1) is 14.3. The summed E-state index contributed by atoms with van der Waals surface area (Å²) in [6.07, 6.45) is 0. The van der Waals surface area contributed by atoms with Gasteiger partial charge in [-0.05, 0) is 44.5 Å². The van der Waals surface area contributed by atoms with Gasteiger partial charge in [-0.2, -0.15) is 0 Å². The number of benzene rings is 3. The van der Waals surface area contributed by atoms with Gasteiger partial charge in [0.2, 0.25) is 0 Å². The highest BCUT2D eigenvalue weighted by Gasteiger charge is 2.79. The number of hydrogen-bond donors (Lipinski definition) is 0. The van der Waals surface area contributed by atoms with Gasteiger partial charge in [0, 0.05) is 32.3 Å². The molecule has 0 saturated heterocycles. The Balaban J connectivity index is 1.86. The van der Waals surface area contributed by atoms with E-state index < -0.39 is 0 Å². The molecule has 152 valence electrons. The maximum Gasteiger partial charge on any atom is 0.0283 e. The summed E-state index contributed by atoms with van der Waals surface area (Å²) in [6.45, 7) is 10.1. The maximum absolute atomic E-state index is 3.71. The third kappa shape index (κ3) is 1.66. The molecule has 3 aliphatic carbocycles. The fraction of sp³-hybridized carbons (Fsp3) is 0.357. The van der Waals surface area contributed by atoms with Crippen LogP contribution in [0.25, 0.3) is 0 Å². The van der Waals surface area contributed by atoms with Crippen LogP contribution in [0.2, 0.25) is 0 Å². The van der Waals surface area contributed by atoms with Crippen LogP contribution in [-0.2, 0) is 26.9 Å². The zero-order valence-electron chi connectivity index (χ0n) is 17.9. The second-order valence-corrected chi connectivity index (χ2v) is 11.2. The summed E-state index contributed by atoms with van der Waals surface area (Å²) in [5.41, 5.74) is 11.8. The van der Waals surface area contributed by atoms with Gasteiger partial charge >= 0.3 is 0 Å². The summed E-state index contributed by atoms with van der Waals surface area (Å²) in [4.78, 5) is 0. The lowest BCUT2D eigenvalue weighted by Crippen LogP contribution is -2.51. The standard InChI is InChI=1S/C28H26Br2/c1-25-19-7-5-6-8-20(19)26(2)22-12-10-18(16-30)14-24(22)27(3,28(25,26)4)23-13-17(15-29)9-11-21(23)25/h5-14H,15-16H2,1-4H3/t25-,26+,27?,28?. The topological polar surface area (TPSA) is 0 Å². The summed E-state index contributed by atoms with van der Waals surface area (Å²) in [5.74, 6) is 0. The van der Waals surface area contributed by atoms with E-state index in [2.05, 4.69) is 120 Å². The van der Waals surface area contributed by atoms with E-state index >= 15 is 0 Å². The molecule has 0 bridgehead atoms. The Morgan fingerprint density at radius 2 is 0.900 bits per heavy atom. The number of halogens is 2. The van der Waals surface area contributed by atoms with Crippen molar-refractivity contribution in [3.63, 3.8) is 0 Å². The Labute approximate surface area is 196 Å². The first-order valence-electron chi connectivity index (χ1n) is 10.8. The average molecular weight is 522 g/mol. The fourth-order valence-corrected chi connectivity index (χ4v) is 8.65.